The first-order valence-corrected chi connectivity index (χ1v) is 41.6. The van der Waals surface area contributed by atoms with Crippen molar-refractivity contribution in [3.8, 4) is 23.6 Å². The number of amides is 2. The quantitative estimate of drug-likeness (QED) is 0.0260. The molecule has 4 rings (SSSR count). The molecule has 26 heteroatoms. The Morgan fingerprint density at radius 3 is 1.26 bits per heavy atom. The van der Waals surface area contributed by atoms with Crippen molar-refractivity contribution in [2.75, 3.05) is 84.9 Å². The Hall–Kier alpha value is -4.02. The minimum atomic E-state index is -3.60. The Morgan fingerprint density at radius 2 is 0.967 bits per heavy atom. The van der Waals surface area contributed by atoms with Crippen molar-refractivity contribution >= 4 is 105 Å². The molecule has 0 saturated heterocycles. The molecule has 0 aliphatic carbocycles. The minimum Gasteiger partial charge on any atom is -0.491 e. The van der Waals surface area contributed by atoms with Crippen molar-refractivity contribution in [1.29, 1.82) is 10.5 Å². The van der Waals surface area contributed by atoms with Crippen LogP contribution in [0.2, 0.25) is 56.4 Å². The zero-order valence-corrected chi connectivity index (χ0v) is 62.8. The van der Waals surface area contributed by atoms with Gasteiger partial charge in [0.15, 0.2) is 16.6 Å². The monoisotopic (exact) mass is 1420 g/mol. The number of hydrogen-bond donors (Lipinski definition) is 3. The summed E-state index contributed by atoms with van der Waals surface area (Å²) in [5.74, 6) is -1.04. The van der Waals surface area contributed by atoms with E-state index < -0.39 is 41.7 Å². The first kappa shape index (κ1) is 84.0. The fourth-order valence-electron chi connectivity index (χ4n) is 7.66. The van der Waals surface area contributed by atoms with E-state index in [1.54, 1.807) is 61.5 Å². The molecule has 4 aromatic rings. The summed E-state index contributed by atoms with van der Waals surface area (Å²) in [6, 6.07) is 24.7. The Morgan fingerprint density at radius 1 is 0.611 bits per heavy atom. The lowest BCUT2D eigenvalue weighted by molar-refractivity contribution is 0.0935. The average molecular weight is 1430 g/mol. The van der Waals surface area contributed by atoms with Gasteiger partial charge in [-0.3, -0.25) is 13.8 Å². The summed E-state index contributed by atoms with van der Waals surface area (Å²) < 4.78 is 70.7. The van der Waals surface area contributed by atoms with Gasteiger partial charge in [0, 0.05) is 67.3 Å². The molecule has 3 N–H and O–H groups in total. The number of nitriles is 2. The number of benzene rings is 4. The molecule has 504 valence electrons. The number of rotatable bonds is 29. The summed E-state index contributed by atoms with van der Waals surface area (Å²) in [5.41, 5.74) is 2.80. The number of aliphatic hydroxyl groups is 1. The molecule has 4 atom stereocenters. The highest BCUT2D eigenvalue weighted by Gasteiger charge is 2.38. The molecular formula is C64H96Cl5N5O12S2Si2. The van der Waals surface area contributed by atoms with E-state index in [2.05, 4.69) is 127 Å². The molecule has 0 bridgehead atoms. The van der Waals surface area contributed by atoms with Crippen molar-refractivity contribution in [2.45, 2.75) is 137 Å². The van der Waals surface area contributed by atoms with Crippen LogP contribution < -0.4 is 20.1 Å². The van der Waals surface area contributed by atoms with Crippen molar-refractivity contribution in [3.63, 3.8) is 0 Å². The molecule has 0 spiro atoms. The number of nitrogens with one attached hydrogen (secondary N) is 2. The number of aliphatic hydroxyl groups excluding tert-OH is 1. The second-order valence-corrected chi connectivity index (χ2v) is 40.8. The zero-order chi connectivity index (χ0) is 69.0. The number of carbonyl (C=O) groups is 2. The van der Waals surface area contributed by atoms with E-state index in [1.165, 1.54) is 19.6 Å². The number of nitrogens with zero attached hydrogens (tertiary/aromatic N) is 3. The standard InChI is InChI=1S/C29H40Cl2N2O6SSi.C28H38Cl2N2O4Si.C6H15N.CH3ClO2S/c1-20(19-38-40(5,35)36)18-37-27-22(16-32)9-8-10-24(27)28(34)33-17-23(21-11-12-25(30)26(31)15-21)13-14-39-41(6,7)29(2,3)4;1-19(17-33)18-35-26-21(15-31)8-7-9-23(26)27(34)32-16-22(20-10-11-24(29)25(30)14-20)12-13-36-37(5,6)28(2,3)4;1-4-7(5-2)6-3;1-5(2,3)4/h8-12,15,20,23H,13-14,17-19H2,1-7H3,(H,33,34);7-11,14,19,22,33H,12-13,16-18H2,1-6H3,(H,32,34);4-6H2,1-3H3;1H3/t20-,23+;19-,22-;;/m01../s1. The van der Waals surface area contributed by atoms with Gasteiger partial charge < -0.3 is 39.0 Å². The van der Waals surface area contributed by atoms with Crippen LogP contribution in [-0.4, -0.2) is 140 Å². The Labute approximate surface area is 564 Å². The van der Waals surface area contributed by atoms with Gasteiger partial charge in [0.1, 0.15) is 23.6 Å². The van der Waals surface area contributed by atoms with E-state index >= 15 is 0 Å². The number of hydrogen-bond acceptors (Lipinski definition) is 15. The van der Waals surface area contributed by atoms with Crippen LogP contribution in [0.3, 0.4) is 0 Å². The Bertz CT molecular complexity index is 3210. The highest BCUT2D eigenvalue weighted by atomic mass is 35.7. The predicted octanol–water partition coefficient (Wildman–Crippen LogP) is 15.1. The first-order chi connectivity index (χ1) is 41.6. The number of halogens is 5. The Kier molecular flexibility index (Phi) is 37.0. The summed E-state index contributed by atoms with van der Waals surface area (Å²) in [6.45, 7) is 37.4. The third-order valence-corrected chi connectivity index (χ3v) is 26.4. The molecule has 90 heavy (non-hydrogen) atoms. The zero-order valence-electron chi connectivity index (χ0n) is 55.4. The number of para-hydroxylation sites is 2. The molecule has 0 radical (unpaired) electrons. The van der Waals surface area contributed by atoms with Gasteiger partial charge in [-0.1, -0.05) is 147 Å². The molecule has 0 heterocycles. The summed E-state index contributed by atoms with van der Waals surface area (Å²) in [7, 11) is -6.19. The molecular weight excluding hydrogens is 1330 g/mol. The first-order valence-electron chi connectivity index (χ1n) is 29.7. The van der Waals surface area contributed by atoms with Gasteiger partial charge in [-0.05, 0) is 128 Å². The van der Waals surface area contributed by atoms with E-state index in [-0.39, 0.29) is 106 Å². The highest BCUT2D eigenvalue weighted by Crippen LogP contribution is 2.39. The van der Waals surface area contributed by atoms with Crippen molar-refractivity contribution < 1.29 is 54.0 Å². The van der Waals surface area contributed by atoms with Gasteiger partial charge in [0.25, 0.3) is 21.9 Å². The lowest BCUT2D eigenvalue weighted by Crippen LogP contribution is -2.41. The molecule has 0 aliphatic rings. The van der Waals surface area contributed by atoms with Crippen LogP contribution in [0.4, 0.5) is 0 Å². The van der Waals surface area contributed by atoms with Crippen molar-refractivity contribution in [3.05, 3.63) is 126 Å². The fraction of sp³-hybridized carbons (Fsp3) is 0.562. The number of ether oxygens (including phenoxy) is 2. The average Bonchev–Trinajstić information content (AvgIpc) is 3.19. The summed E-state index contributed by atoms with van der Waals surface area (Å²) in [6.07, 6.45) is 3.22. The van der Waals surface area contributed by atoms with E-state index in [9.17, 15) is 42.1 Å². The van der Waals surface area contributed by atoms with Crippen LogP contribution >= 0.6 is 57.1 Å². The summed E-state index contributed by atoms with van der Waals surface area (Å²) in [4.78, 5) is 29.0. The van der Waals surface area contributed by atoms with Crippen LogP contribution in [0.25, 0.3) is 0 Å². The largest absolute Gasteiger partial charge is 0.491 e. The minimum absolute atomic E-state index is 0.0468. The lowest BCUT2D eigenvalue weighted by atomic mass is 9.95. The van der Waals surface area contributed by atoms with Gasteiger partial charge in [0.2, 0.25) is 9.05 Å². The SMILES string of the molecule is CCN(CC)CC.CS(=O)(=O)Cl.C[C@@H](COc1c(C#N)cccc1C(=O)NC[C@@H](CCO[Si](C)(C)C(C)(C)C)c1ccc(Cl)c(Cl)c1)COS(C)(=O)=O.C[C@H](CO)COc1c(C#N)cccc1C(=O)NC[C@@H](CCO[Si](C)(C)C(C)(C)C)c1ccc(Cl)c(Cl)c1. The maximum atomic E-state index is 13.4. The van der Waals surface area contributed by atoms with E-state index in [4.69, 9.17) is 68.9 Å². The van der Waals surface area contributed by atoms with Gasteiger partial charge >= 0.3 is 0 Å². The molecule has 17 nitrogen and oxygen atoms in total. The fourth-order valence-corrected chi connectivity index (χ4v) is 10.9. The van der Waals surface area contributed by atoms with E-state index in [0.29, 0.717) is 52.7 Å². The lowest BCUT2D eigenvalue weighted by Gasteiger charge is -2.36. The van der Waals surface area contributed by atoms with Gasteiger partial charge in [-0.25, -0.2) is 8.42 Å². The third kappa shape index (κ3) is 31.3. The van der Waals surface area contributed by atoms with Crippen LogP contribution in [0, 0.1) is 34.5 Å². The summed E-state index contributed by atoms with van der Waals surface area (Å²) in [5, 5.41) is 36.4. The molecule has 0 unspecified atom stereocenters. The summed E-state index contributed by atoms with van der Waals surface area (Å²) >= 11 is 24.9. The smallest absolute Gasteiger partial charge is 0.264 e. The maximum Gasteiger partial charge on any atom is 0.264 e. The second-order valence-electron chi connectivity index (χ2n) is 24.8. The molecule has 2 amide bonds. The maximum absolute atomic E-state index is 13.4. The van der Waals surface area contributed by atoms with Gasteiger partial charge in [-0.2, -0.15) is 18.9 Å². The predicted molar refractivity (Wildman–Crippen MR) is 372 cm³/mol. The van der Waals surface area contributed by atoms with E-state index in [1.807, 2.05) is 25.1 Å². The third-order valence-electron chi connectivity index (χ3n) is 15.3. The normalized spacial score (nSPS) is 13.3. The van der Waals surface area contributed by atoms with Crippen LogP contribution in [0.15, 0.2) is 72.8 Å². The van der Waals surface area contributed by atoms with Crippen molar-refractivity contribution in [2.24, 2.45) is 11.8 Å². The molecule has 0 aromatic heterocycles. The molecule has 0 saturated carbocycles. The number of carbonyl (C=O) groups excluding carboxylic acids is 2. The molecule has 0 aliphatic heterocycles. The second kappa shape index (κ2) is 39.6. The van der Waals surface area contributed by atoms with E-state index in [0.717, 1.165) is 23.6 Å². The topological polar surface area (TPSA) is 244 Å². The van der Waals surface area contributed by atoms with Crippen LogP contribution in [0.1, 0.15) is 144 Å². The van der Waals surface area contributed by atoms with Crippen LogP contribution in [-0.2, 0) is 32.2 Å². The van der Waals surface area contributed by atoms with Crippen LogP contribution in [0.5, 0.6) is 11.5 Å². The van der Waals surface area contributed by atoms with Crippen molar-refractivity contribution in [1.82, 2.24) is 15.5 Å². The highest BCUT2D eigenvalue weighted by molar-refractivity contribution is 8.13. The molecule has 0 fully saturated rings. The van der Waals surface area contributed by atoms with Gasteiger partial charge in [0.05, 0.1) is 74.7 Å². The molecule has 4 aromatic carbocycles. The van der Waals surface area contributed by atoms with Gasteiger partial charge in [-0.15, -0.1) is 0 Å². The Balaban J connectivity index is 0.000000762.